The van der Waals surface area contributed by atoms with Gasteiger partial charge in [-0.2, -0.15) is 4.72 Å². The molecule has 12 heteroatoms. The summed E-state index contributed by atoms with van der Waals surface area (Å²) in [6.45, 7) is 3.18. The smallest absolute Gasteiger partial charge is 0.325 e. The van der Waals surface area contributed by atoms with Crippen LogP contribution in [0.1, 0.15) is 29.9 Å². The van der Waals surface area contributed by atoms with E-state index in [0.29, 0.717) is 17.9 Å². The highest BCUT2D eigenvalue weighted by Crippen LogP contribution is 2.53. The second kappa shape index (κ2) is 12.2. The lowest BCUT2D eigenvalue weighted by Crippen LogP contribution is -2.47. The van der Waals surface area contributed by atoms with Crippen molar-refractivity contribution in [2.24, 2.45) is 0 Å². The average Bonchev–Trinajstić information content (AvgIpc) is 3.41. The minimum atomic E-state index is -4.08. The van der Waals surface area contributed by atoms with Crippen LogP contribution in [0.2, 0.25) is 5.02 Å². The molecule has 8 nitrogen and oxygen atoms in total. The average molecular weight is 625 g/mol. The van der Waals surface area contributed by atoms with Crippen LogP contribution in [0.3, 0.4) is 0 Å². The number of amides is 1. The number of rotatable bonds is 9. The van der Waals surface area contributed by atoms with Crippen LogP contribution in [0, 0.1) is 0 Å². The van der Waals surface area contributed by atoms with Crippen molar-refractivity contribution in [1.82, 2.24) is 14.5 Å². The highest BCUT2D eigenvalue weighted by atomic mass is 35.5. The Morgan fingerprint density at radius 1 is 1.07 bits per heavy atom. The molecule has 2 atom stereocenters. The predicted molar refractivity (Wildman–Crippen MR) is 159 cm³/mol. The van der Waals surface area contributed by atoms with Crippen LogP contribution in [0.25, 0.3) is 10.4 Å². The molecule has 2 aliphatic rings. The van der Waals surface area contributed by atoms with Gasteiger partial charge in [0, 0.05) is 48.4 Å². The lowest BCUT2D eigenvalue weighted by atomic mass is 10.0. The van der Waals surface area contributed by atoms with Gasteiger partial charge >= 0.3 is 5.97 Å². The van der Waals surface area contributed by atoms with Gasteiger partial charge in [-0.15, -0.1) is 23.7 Å². The fourth-order valence-electron chi connectivity index (χ4n) is 5.01. The van der Waals surface area contributed by atoms with Crippen LogP contribution < -0.4 is 4.72 Å². The zero-order valence-electron chi connectivity index (χ0n) is 21.9. The van der Waals surface area contributed by atoms with Crippen LogP contribution in [0.15, 0.2) is 64.9 Å². The van der Waals surface area contributed by atoms with E-state index in [1.165, 1.54) is 6.07 Å². The zero-order valence-corrected chi connectivity index (χ0v) is 25.1. The van der Waals surface area contributed by atoms with E-state index in [1.807, 2.05) is 36.2 Å². The molecule has 5 rings (SSSR count). The number of hydrogen-bond acceptors (Lipinski definition) is 6. The van der Waals surface area contributed by atoms with E-state index >= 15 is 0 Å². The fourth-order valence-corrected chi connectivity index (χ4v) is 7.86. The molecule has 1 aliphatic carbocycles. The molecule has 40 heavy (non-hydrogen) atoms. The third kappa shape index (κ3) is 6.53. The molecule has 2 unspecified atom stereocenters. The summed E-state index contributed by atoms with van der Waals surface area (Å²) in [5.74, 6) is -1.60. The molecule has 0 spiro atoms. The first-order chi connectivity index (χ1) is 18.6. The van der Waals surface area contributed by atoms with E-state index in [0.717, 1.165) is 59.1 Å². The Morgan fingerprint density at radius 3 is 2.45 bits per heavy atom. The maximum atomic E-state index is 13.3. The normalized spacial score (nSPS) is 21.1. The van der Waals surface area contributed by atoms with Gasteiger partial charge < -0.3 is 14.9 Å². The van der Waals surface area contributed by atoms with E-state index in [9.17, 15) is 23.1 Å². The van der Waals surface area contributed by atoms with Gasteiger partial charge in [0.25, 0.3) is 10.0 Å². The molecule has 2 aromatic carbocycles. The Balaban J connectivity index is 0.00000370. The van der Waals surface area contributed by atoms with Crippen molar-refractivity contribution in [2.45, 2.75) is 34.9 Å². The van der Waals surface area contributed by atoms with Gasteiger partial charge in [-0.25, -0.2) is 8.42 Å². The standard InChI is InChI=1S/C28H30ClN3O5S2.ClH/c1-31-13-15-32(16-14-31)25(33)11-5-19-3-2-4-21(17-19)23-18-28(23,27(34)35)30-39(36,37)26-12-10-24(38-26)20-6-8-22(29)9-7-20;/h2-4,6-10,12,17,23,30H,5,11,13-16,18H2,1H3,(H,34,35);1H. The van der Waals surface area contributed by atoms with Crippen molar-refractivity contribution in [3.8, 4) is 10.4 Å². The van der Waals surface area contributed by atoms with E-state index in [4.69, 9.17) is 11.6 Å². The summed E-state index contributed by atoms with van der Waals surface area (Å²) in [6.07, 6.45) is 1.07. The quantitative estimate of drug-likeness (QED) is 0.364. The number of sulfonamides is 1. The van der Waals surface area contributed by atoms with Crippen LogP contribution >= 0.6 is 35.3 Å². The van der Waals surface area contributed by atoms with Crippen molar-refractivity contribution >= 4 is 57.2 Å². The zero-order chi connectivity index (χ0) is 27.8. The number of nitrogens with one attached hydrogen (secondary N) is 1. The minimum Gasteiger partial charge on any atom is -0.480 e. The van der Waals surface area contributed by atoms with Crippen LogP contribution in [-0.2, 0) is 26.0 Å². The summed E-state index contributed by atoms with van der Waals surface area (Å²) in [5.41, 5.74) is 0.885. The molecule has 2 heterocycles. The Kier molecular flexibility index (Phi) is 9.28. The minimum absolute atomic E-state index is 0. The molecule has 0 radical (unpaired) electrons. The van der Waals surface area contributed by atoms with Crippen molar-refractivity contribution < 1.29 is 23.1 Å². The largest absolute Gasteiger partial charge is 0.480 e. The van der Waals surface area contributed by atoms with Gasteiger partial charge in [-0.1, -0.05) is 48.0 Å². The summed E-state index contributed by atoms with van der Waals surface area (Å²) in [6, 6.07) is 17.7. The summed E-state index contributed by atoms with van der Waals surface area (Å²) in [5, 5.41) is 10.7. The molecule has 214 valence electrons. The number of aryl methyl sites for hydroxylation is 1. The van der Waals surface area contributed by atoms with Gasteiger partial charge in [-0.05, 0) is 60.8 Å². The lowest BCUT2D eigenvalue weighted by Gasteiger charge is -2.32. The van der Waals surface area contributed by atoms with Gasteiger partial charge in [0.15, 0.2) is 0 Å². The number of hydrogen-bond donors (Lipinski definition) is 2. The number of piperazine rings is 1. The number of carboxylic acids is 1. The predicted octanol–water partition coefficient (Wildman–Crippen LogP) is 4.49. The molecule has 1 aromatic heterocycles. The SMILES string of the molecule is CN1CCN(C(=O)CCc2cccc(C3CC3(NS(=O)(=O)c3ccc(-c4ccc(Cl)cc4)s3)C(=O)O)c2)CC1.Cl. The number of halogens is 2. The van der Waals surface area contributed by atoms with Crippen molar-refractivity contribution in [1.29, 1.82) is 0 Å². The molecule has 1 saturated heterocycles. The maximum Gasteiger partial charge on any atom is 0.325 e. The molecule has 1 amide bonds. The summed E-state index contributed by atoms with van der Waals surface area (Å²) < 4.78 is 29.1. The lowest BCUT2D eigenvalue weighted by molar-refractivity contribution is -0.140. The van der Waals surface area contributed by atoms with Crippen LogP contribution in [0.5, 0.6) is 0 Å². The van der Waals surface area contributed by atoms with Gasteiger partial charge in [0.1, 0.15) is 9.75 Å². The number of aliphatic carboxylic acids is 1. The van der Waals surface area contributed by atoms with E-state index in [2.05, 4.69) is 9.62 Å². The molecule has 2 N–H and O–H groups in total. The van der Waals surface area contributed by atoms with Gasteiger partial charge in [0.05, 0.1) is 0 Å². The molecule has 0 bridgehead atoms. The molecule has 1 saturated carbocycles. The van der Waals surface area contributed by atoms with Gasteiger partial charge in [0.2, 0.25) is 5.91 Å². The highest BCUT2D eigenvalue weighted by molar-refractivity contribution is 7.91. The first kappa shape index (κ1) is 30.5. The molecule has 2 fully saturated rings. The first-order valence-electron chi connectivity index (χ1n) is 12.8. The Bertz CT molecular complexity index is 1490. The second-order valence-corrected chi connectivity index (χ2v) is 13.6. The van der Waals surface area contributed by atoms with Crippen molar-refractivity contribution in [2.75, 3.05) is 33.2 Å². The van der Waals surface area contributed by atoms with Crippen molar-refractivity contribution in [3.05, 3.63) is 76.8 Å². The molecular formula is C28H31Cl2N3O5S2. The summed E-state index contributed by atoms with van der Waals surface area (Å²) in [7, 11) is -2.03. The van der Waals surface area contributed by atoms with Crippen molar-refractivity contribution in [3.63, 3.8) is 0 Å². The van der Waals surface area contributed by atoms with E-state index in [-0.39, 0.29) is 28.9 Å². The number of carbonyl (C=O) groups is 2. The number of benzene rings is 2. The first-order valence-corrected chi connectivity index (χ1v) is 15.4. The highest BCUT2D eigenvalue weighted by Gasteiger charge is 2.63. The molecular weight excluding hydrogens is 593 g/mol. The third-order valence-electron chi connectivity index (χ3n) is 7.47. The van der Waals surface area contributed by atoms with Crippen LogP contribution in [0.4, 0.5) is 0 Å². The number of likely N-dealkylation sites (N-methyl/N-ethyl adjacent to an activating group) is 1. The number of nitrogens with zero attached hydrogens (tertiary/aromatic N) is 2. The van der Waals surface area contributed by atoms with Gasteiger partial charge in [-0.3, -0.25) is 9.59 Å². The Labute approximate surface area is 249 Å². The summed E-state index contributed by atoms with van der Waals surface area (Å²) >= 11 is 7.03. The summed E-state index contributed by atoms with van der Waals surface area (Å²) in [4.78, 5) is 29.8. The second-order valence-electron chi connectivity index (χ2n) is 10.2. The number of carbonyl (C=O) groups excluding carboxylic acids is 1. The van der Waals surface area contributed by atoms with Crippen LogP contribution in [-0.4, -0.2) is 74.0 Å². The molecule has 3 aromatic rings. The third-order valence-corrected chi connectivity index (χ3v) is 10.9. The topological polar surface area (TPSA) is 107 Å². The van der Waals surface area contributed by atoms with E-state index in [1.54, 1.807) is 30.3 Å². The maximum absolute atomic E-state index is 13.3. The number of thiophene rings is 1. The Hall–Kier alpha value is -2.47. The van der Waals surface area contributed by atoms with E-state index < -0.39 is 27.4 Å². The monoisotopic (exact) mass is 623 g/mol. The fraction of sp³-hybridized carbons (Fsp3) is 0.357. The molecule has 1 aliphatic heterocycles. The number of carboxylic acid groups (broad SMARTS) is 1. The Morgan fingerprint density at radius 2 is 1.77 bits per heavy atom.